The van der Waals surface area contributed by atoms with Gasteiger partial charge in [0.05, 0.1) is 0 Å². The van der Waals surface area contributed by atoms with Gasteiger partial charge in [-0.2, -0.15) is 0 Å². The maximum atomic E-state index is 12.8. The molecule has 0 aliphatic rings. The van der Waals surface area contributed by atoms with Crippen molar-refractivity contribution in [2.45, 2.75) is 284 Å². The van der Waals surface area contributed by atoms with Crippen LogP contribution in [0.3, 0.4) is 0 Å². The van der Waals surface area contributed by atoms with E-state index >= 15 is 0 Å². The van der Waals surface area contributed by atoms with Crippen LogP contribution >= 0.6 is 0 Å². The first kappa shape index (κ1) is 56.9. The molecule has 0 heterocycles. The maximum Gasteiger partial charge on any atom is 0.306 e. The molecule has 0 aromatic rings. The third kappa shape index (κ3) is 46.8. The Morgan fingerprint density at radius 2 is 0.559 bits per heavy atom. The summed E-state index contributed by atoms with van der Waals surface area (Å²) in [6, 6.07) is 0. The average Bonchev–Trinajstić information content (AvgIpc) is 3.23. The number of allylic oxidation sites excluding steroid dienone is 4. The predicted octanol–water partition coefficient (Wildman–Crippen LogP) is 16.8. The van der Waals surface area contributed by atoms with Crippen LogP contribution < -0.4 is 0 Å². The van der Waals surface area contributed by atoms with Crippen molar-refractivity contribution in [3.05, 3.63) is 24.3 Å². The van der Waals surface area contributed by atoms with Crippen molar-refractivity contribution in [2.24, 2.45) is 0 Å². The minimum atomic E-state index is -0.773. The van der Waals surface area contributed by atoms with E-state index in [9.17, 15) is 14.4 Å². The van der Waals surface area contributed by atoms with Gasteiger partial charge in [0, 0.05) is 19.3 Å². The highest BCUT2D eigenvalue weighted by molar-refractivity contribution is 5.71. The molecule has 1 atom stereocenters. The number of unbranched alkanes of at least 4 members (excludes halogenated alkanes) is 32. The van der Waals surface area contributed by atoms with Gasteiger partial charge in [-0.3, -0.25) is 14.4 Å². The number of esters is 3. The lowest BCUT2D eigenvalue weighted by atomic mass is 10.1. The number of carbonyl (C=O) groups is 3. The Bertz CT molecular complexity index is 958. The van der Waals surface area contributed by atoms with Crippen LogP contribution in [0.15, 0.2) is 24.3 Å². The van der Waals surface area contributed by atoms with E-state index in [-0.39, 0.29) is 31.1 Å². The second-order valence-corrected chi connectivity index (χ2v) is 17.4. The molecule has 1 unspecified atom stereocenters. The normalized spacial score (nSPS) is 12.1. The van der Waals surface area contributed by atoms with E-state index in [0.717, 1.165) is 70.6 Å². The van der Waals surface area contributed by atoms with E-state index in [1.807, 2.05) is 0 Å². The topological polar surface area (TPSA) is 78.9 Å². The number of rotatable bonds is 47. The molecule has 0 N–H and O–H groups in total. The lowest BCUT2D eigenvalue weighted by molar-refractivity contribution is -0.167. The summed E-state index contributed by atoms with van der Waals surface area (Å²) in [5.74, 6) is -0.880. The molecule has 0 radical (unpaired) electrons. The highest BCUT2D eigenvalue weighted by Crippen LogP contribution is 2.15. The molecule has 0 aromatic carbocycles. The molecule has 0 fully saturated rings. The van der Waals surface area contributed by atoms with Crippen LogP contribution in [0.5, 0.6) is 0 Å². The molecular formula is C53H98O6. The lowest BCUT2D eigenvalue weighted by Crippen LogP contribution is -2.30. The molecule has 346 valence electrons. The molecule has 0 amide bonds. The molecule has 0 aliphatic carbocycles. The maximum absolute atomic E-state index is 12.8. The number of hydrogen-bond acceptors (Lipinski definition) is 6. The summed E-state index contributed by atoms with van der Waals surface area (Å²) in [5.41, 5.74) is 0. The van der Waals surface area contributed by atoms with Crippen LogP contribution in [0, 0.1) is 0 Å². The third-order valence-electron chi connectivity index (χ3n) is 11.4. The van der Waals surface area contributed by atoms with Crippen molar-refractivity contribution in [3.8, 4) is 0 Å². The zero-order valence-electron chi connectivity index (χ0n) is 39.5. The Morgan fingerprint density at radius 3 is 0.847 bits per heavy atom. The van der Waals surface area contributed by atoms with Gasteiger partial charge in [-0.15, -0.1) is 0 Å². The number of carbonyl (C=O) groups excluding carboxylic acids is 3. The molecule has 6 nitrogen and oxygen atoms in total. The summed E-state index contributed by atoms with van der Waals surface area (Å²) >= 11 is 0. The van der Waals surface area contributed by atoms with Crippen molar-refractivity contribution in [1.29, 1.82) is 0 Å². The van der Waals surface area contributed by atoms with Crippen molar-refractivity contribution in [2.75, 3.05) is 13.2 Å². The second kappa shape index (κ2) is 48.6. The van der Waals surface area contributed by atoms with Gasteiger partial charge in [0.15, 0.2) is 6.10 Å². The van der Waals surface area contributed by atoms with Gasteiger partial charge >= 0.3 is 17.9 Å². The van der Waals surface area contributed by atoms with Crippen LogP contribution in [-0.2, 0) is 28.6 Å². The lowest BCUT2D eigenvalue weighted by Gasteiger charge is -2.18. The van der Waals surface area contributed by atoms with Gasteiger partial charge in [-0.25, -0.2) is 0 Å². The fraction of sp³-hybridized carbons (Fsp3) is 0.868. The van der Waals surface area contributed by atoms with E-state index in [1.54, 1.807) is 0 Å². The summed E-state index contributed by atoms with van der Waals surface area (Å²) < 4.78 is 16.8. The number of ether oxygens (including phenoxy) is 3. The molecule has 59 heavy (non-hydrogen) atoms. The SMILES string of the molecule is CCCCCCCC/C=C\CCCCCCCC(=O)OCC(COC(=O)CCCCCCCCCCCCC)OC(=O)CCCCCCC/C=C\CCCCCCCC. The third-order valence-corrected chi connectivity index (χ3v) is 11.4. The first-order valence-electron chi connectivity index (χ1n) is 25.8. The van der Waals surface area contributed by atoms with Gasteiger partial charge in [-0.05, 0) is 70.6 Å². The summed E-state index contributed by atoms with van der Waals surface area (Å²) in [7, 11) is 0. The molecule has 0 bridgehead atoms. The van der Waals surface area contributed by atoms with Gasteiger partial charge in [0.25, 0.3) is 0 Å². The standard InChI is InChI=1S/C53H98O6/c1-4-7-10-13-16-19-22-24-26-28-31-34-37-40-43-46-52(55)58-49-50(48-57-51(54)45-42-39-36-33-30-21-18-15-12-9-6-3)59-53(56)47-44-41-38-35-32-29-27-25-23-20-17-14-11-8-5-2/h24-27,50H,4-23,28-49H2,1-3H3/b26-24-,27-25-. The Kier molecular flexibility index (Phi) is 46.8. The van der Waals surface area contributed by atoms with Gasteiger partial charge in [0.2, 0.25) is 0 Å². The van der Waals surface area contributed by atoms with E-state index < -0.39 is 6.10 Å². The molecular weight excluding hydrogens is 733 g/mol. The van der Waals surface area contributed by atoms with Crippen LogP contribution in [0.4, 0.5) is 0 Å². The Hall–Kier alpha value is -2.11. The number of hydrogen-bond donors (Lipinski definition) is 0. The molecule has 0 spiro atoms. The average molecular weight is 831 g/mol. The first-order chi connectivity index (χ1) is 29.0. The second-order valence-electron chi connectivity index (χ2n) is 17.4. The van der Waals surface area contributed by atoms with Gasteiger partial charge in [0.1, 0.15) is 13.2 Å². The largest absolute Gasteiger partial charge is 0.462 e. The smallest absolute Gasteiger partial charge is 0.306 e. The van der Waals surface area contributed by atoms with Crippen molar-refractivity contribution in [3.63, 3.8) is 0 Å². The quantitative estimate of drug-likeness (QED) is 0.0263. The van der Waals surface area contributed by atoms with Crippen molar-refractivity contribution >= 4 is 17.9 Å². The highest BCUT2D eigenvalue weighted by Gasteiger charge is 2.19. The molecule has 0 aromatic heterocycles. The van der Waals surface area contributed by atoms with Crippen molar-refractivity contribution in [1.82, 2.24) is 0 Å². The minimum absolute atomic E-state index is 0.0737. The first-order valence-corrected chi connectivity index (χ1v) is 25.8. The highest BCUT2D eigenvalue weighted by atomic mass is 16.6. The zero-order valence-corrected chi connectivity index (χ0v) is 39.5. The van der Waals surface area contributed by atoms with Crippen LogP contribution in [0.2, 0.25) is 0 Å². The van der Waals surface area contributed by atoms with Crippen LogP contribution in [-0.4, -0.2) is 37.2 Å². The van der Waals surface area contributed by atoms with Crippen LogP contribution in [0.1, 0.15) is 278 Å². The molecule has 0 saturated carbocycles. The fourth-order valence-corrected chi connectivity index (χ4v) is 7.49. The zero-order chi connectivity index (χ0) is 43.0. The summed E-state index contributed by atoms with van der Waals surface area (Å²) in [4.78, 5) is 37.9. The van der Waals surface area contributed by atoms with Gasteiger partial charge < -0.3 is 14.2 Å². The molecule has 0 saturated heterocycles. The van der Waals surface area contributed by atoms with E-state index in [0.29, 0.717) is 19.3 Å². The molecule has 0 aliphatic heterocycles. The molecule has 0 rings (SSSR count). The van der Waals surface area contributed by atoms with Gasteiger partial charge in [-0.1, -0.05) is 212 Å². The fourth-order valence-electron chi connectivity index (χ4n) is 7.49. The summed E-state index contributed by atoms with van der Waals surface area (Å²) in [6.45, 7) is 6.63. The van der Waals surface area contributed by atoms with E-state index in [2.05, 4.69) is 45.1 Å². The van der Waals surface area contributed by atoms with E-state index in [4.69, 9.17) is 14.2 Å². The van der Waals surface area contributed by atoms with Crippen LogP contribution in [0.25, 0.3) is 0 Å². The van der Waals surface area contributed by atoms with E-state index in [1.165, 1.54) is 167 Å². The molecule has 6 heteroatoms. The Morgan fingerprint density at radius 1 is 0.322 bits per heavy atom. The summed E-state index contributed by atoms with van der Waals surface area (Å²) in [6.07, 6.45) is 54.4. The van der Waals surface area contributed by atoms with Crippen molar-refractivity contribution < 1.29 is 28.6 Å². The minimum Gasteiger partial charge on any atom is -0.462 e. The monoisotopic (exact) mass is 831 g/mol. The summed E-state index contributed by atoms with van der Waals surface area (Å²) in [5, 5.41) is 0. The predicted molar refractivity (Wildman–Crippen MR) is 252 cm³/mol. The Balaban J connectivity index is 4.36. The Labute approximate surface area is 366 Å².